The van der Waals surface area contributed by atoms with E-state index in [-0.39, 0.29) is 12.0 Å². The van der Waals surface area contributed by atoms with Gasteiger partial charge in [-0.25, -0.2) is 14.8 Å². The van der Waals surface area contributed by atoms with E-state index in [2.05, 4.69) is 25.2 Å². The van der Waals surface area contributed by atoms with Gasteiger partial charge in [0.1, 0.15) is 0 Å². The fraction of sp³-hybridized carbons (Fsp3) is 0.208. The van der Waals surface area contributed by atoms with Gasteiger partial charge in [0.25, 0.3) is 0 Å². The summed E-state index contributed by atoms with van der Waals surface area (Å²) in [7, 11) is 0. The summed E-state index contributed by atoms with van der Waals surface area (Å²) in [5, 5.41) is 3.64. The molecular weight excluding hydrogens is 452 g/mol. The van der Waals surface area contributed by atoms with E-state index in [1.54, 1.807) is 11.1 Å². The topological polar surface area (TPSA) is 113 Å². The molecule has 0 aliphatic carbocycles. The van der Waals surface area contributed by atoms with Crippen molar-refractivity contribution >= 4 is 40.6 Å². The summed E-state index contributed by atoms with van der Waals surface area (Å²) in [6.45, 7) is 2.79. The van der Waals surface area contributed by atoms with Crippen LogP contribution >= 0.6 is 11.6 Å². The number of hydrogen-bond acceptors (Lipinski definition) is 7. The van der Waals surface area contributed by atoms with Gasteiger partial charge in [0, 0.05) is 43.3 Å². The lowest BCUT2D eigenvalue weighted by Gasteiger charge is -2.35. The van der Waals surface area contributed by atoms with Crippen molar-refractivity contribution in [3.63, 3.8) is 0 Å². The zero-order chi connectivity index (χ0) is 23.5. The molecule has 2 aromatic heterocycles. The molecule has 0 bridgehead atoms. The maximum Gasteiger partial charge on any atom is 0.317 e. The Balaban J connectivity index is 1.32. The van der Waals surface area contributed by atoms with Crippen LogP contribution < -0.4 is 16.0 Å². The number of nitrogens with one attached hydrogen (secondary N) is 1. The number of amides is 2. The molecule has 1 saturated heterocycles. The van der Waals surface area contributed by atoms with E-state index in [4.69, 9.17) is 22.3 Å². The number of halogens is 1. The largest absolute Gasteiger partial charge is 0.368 e. The van der Waals surface area contributed by atoms with Crippen molar-refractivity contribution < 1.29 is 4.79 Å². The van der Waals surface area contributed by atoms with Crippen LogP contribution in [0.3, 0.4) is 0 Å². The highest BCUT2D eigenvalue weighted by Gasteiger charge is 2.24. The summed E-state index contributed by atoms with van der Waals surface area (Å²) in [5.41, 5.74) is 9.61. The Labute approximate surface area is 201 Å². The second kappa shape index (κ2) is 9.48. The Morgan fingerprint density at radius 2 is 1.71 bits per heavy atom. The highest BCUT2D eigenvalue weighted by atomic mass is 35.5. The molecule has 3 heterocycles. The number of aromatic nitrogens is 4. The van der Waals surface area contributed by atoms with Gasteiger partial charge < -0.3 is 20.9 Å². The minimum Gasteiger partial charge on any atom is -0.368 e. The molecular formula is C24H23ClN8O. The van der Waals surface area contributed by atoms with E-state index in [0.29, 0.717) is 60.4 Å². The van der Waals surface area contributed by atoms with Crippen LogP contribution in [0.1, 0.15) is 5.56 Å². The molecule has 5 rings (SSSR count). The van der Waals surface area contributed by atoms with E-state index >= 15 is 0 Å². The third-order valence-corrected chi connectivity index (χ3v) is 5.95. The average molecular weight is 475 g/mol. The summed E-state index contributed by atoms with van der Waals surface area (Å²) in [4.78, 5) is 34.5. The molecule has 4 aromatic rings. The Morgan fingerprint density at radius 3 is 2.44 bits per heavy atom. The van der Waals surface area contributed by atoms with Crippen molar-refractivity contribution in [3.05, 3.63) is 71.4 Å². The van der Waals surface area contributed by atoms with Gasteiger partial charge in [-0.05, 0) is 17.7 Å². The van der Waals surface area contributed by atoms with Crippen molar-refractivity contribution in [1.29, 1.82) is 0 Å². The van der Waals surface area contributed by atoms with Gasteiger partial charge >= 0.3 is 6.03 Å². The van der Waals surface area contributed by atoms with Crippen LogP contribution in [0.2, 0.25) is 5.02 Å². The summed E-state index contributed by atoms with van der Waals surface area (Å²) in [5.74, 6) is 0.759. The molecule has 0 saturated carbocycles. The molecule has 172 valence electrons. The second-order valence-corrected chi connectivity index (χ2v) is 8.39. The lowest BCUT2D eigenvalue weighted by atomic mass is 10.1. The third kappa shape index (κ3) is 4.69. The van der Waals surface area contributed by atoms with Crippen molar-refractivity contribution in [2.24, 2.45) is 0 Å². The molecule has 3 N–H and O–H groups in total. The van der Waals surface area contributed by atoms with Crippen molar-refractivity contribution in [3.8, 4) is 11.3 Å². The molecule has 2 aromatic carbocycles. The monoisotopic (exact) mass is 474 g/mol. The molecule has 0 unspecified atom stereocenters. The molecule has 0 atom stereocenters. The molecule has 9 nitrogen and oxygen atoms in total. The predicted molar refractivity (Wildman–Crippen MR) is 132 cm³/mol. The number of urea groups is 1. The van der Waals surface area contributed by atoms with Gasteiger partial charge in [-0.1, -0.05) is 54.1 Å². The van der Waals surface area contributed by atoms with Crippen LogP contribution in [0, 0.1) is 0 Å². The molecule has 1 fully saturated rings. The van der Waals surface area contributed by atoms with Crippen LogP contribution in [0.4, 0.5) is 16.6 Å². The maximum atomic E-state index is 12.6. The number of nitrogens with two attached hydrogens (primary N) is 1. The van der Waals surface area contributed by atoms with Crippen molar-refractivity contribution in [1.82, 2.24) is 30.2 Å². The molecule has 1 aliphatic rings. The fourth-order valence-corrected chi connectivity index (χ4v) is 4.02. The number of fused-ring (bicyclic) bond motifs is 1. The summed E-state index contributed by atoms with van der Waals surface area (Å²) in [6, 6.07) is 17.2. The normalized spacial score (nSPS) is 13.8. The maximum absolute atomic E-state index is 12.6. The highest BCUT2D eigenvalue weighted by Crippen LogP contribution is 2.26. The quantitative estimate of drug-likeness (QED) is 0.466. The number of anilines is 2. The summed E-state index contributed by atoms with van der Waals surface area (Å²) in [6.07, 6.45) is 1.66. The minimum atomic E-state index is -0.0830. The van der Waals surface area contributed by atoms with Crippen molar-refractivity contribution in [2.75, 3.05) is 36.8 Å². The molecule has 1 aliphatic heterocycles. The first-order valence-electron chi connectivity index (χ1n) is 10.9. The SMILES string of the molecule is Nc1nc(N2CCN(C(=O)NCc3ccccc3)CC2)c2nc(-c3ccc(Cl)cc3)cnc2n1. The number of rotatable bonds is 4. The Bertz CT molecular complexity index is 1310. The van der Waals surface area contributed by atoms with Gasteiger partial charge in [-0.2, -0.15) is 9.97 Å². The number of hydrogen-bond donors (Lipinski definition) is 2. The number of benzene rings is 2. The van der Waals surface area contributed by atoms with E-state index in [1.807, 2.05) is 54.6 Å². The number of nitrogen functional groups attached to an aromatic ring is 1. The zero-order valence-corrected chi connectivity index (χ0v) is 19.1. The van der Waals surface area contributed by atoms with Gasteiger partial charge in [0.05, 0.1) is 11.9 Å². The lowest BCUT2D eigenvalue weighted by molar-refractivity contribution is 0.194. The first-order valence-corrected chi connectivity index (χ1v) is 11.3. The third-order valence-electron chi connectivity index (χ3n) is 5.70. The average Bonchev–Trinajstić information content (AvgIpc) is 2.88. The Kier molecular flexibility index (Phi) is 6.09. The fourth-order valence-electron chi connectivity index (χ4n) is 3.90. The number of carbonyl (C=O) groups excluding carboxylic acids is 1. The van der Waals surface area contributed by atoms with E-state index in [9.17, 15) is 4.79 Å². The first-order chi connectivity index (χ1) is 16.6. The summed E-state index contributed by atoms with van der Waals surface area (Å²) >= 11 is 6.01. The minimum absolute atomic E-state index is 0.0830. The number of nitrogens with zero attached hydrogens (tertiary/aromatic N) is 6. The van der Waals surface area contributed by atoms with Crippen LogP contribution in [-0.2, 0) is 6.54 Å². The highest BCUT2D eigenvalue weighted by molar-refractivity contribution is 6.30. The van der Waals surface area contributed by atoms with E-state index in [0.717, 1.165) is 11.1 Å². The zero-order valence-electron chi connectivity index (χ0n) is 18.4. The standard InChI is InChI=1S/C24H23ClN8O/c25-18-8-6-17(7-9-18)19-15-27-21-20(29-19)22(31-23(26)30-21)32-10-12-33(13-11-32)24(34)28-14-16-4-2-1-3-5-16/h1-9,15H,10-14H2,(H,28,34)(H2,26,27,30,31). The van der Waals surface area contributed by atoms with Gasteiger partial charge in [0.2, 0.25) is 5.95 Å². The molecule has 0 spiro atoms. The second-order valence-electron chi connectivity index (χ2n) is 7.96. The first kappa shape index (κ1) is 21.8. The van der Waals surface area contributed by atoms with Crippen LogP contribution in [0.5, 0.6) is 0 Å². The van der Waals surface area contributed by atoms with Crippen LogP contribution in [0.15, 0.2) is 60.8 Å². The Morgan fingerprint density at radius 1 is 0.971 bits per heavy atom. The summed E-state index contributed by atoms with van der Waals surface area (Å²) < 4.78 is 0. The molecule has 0 radical (unpaired) electrons. The molecule has 34 heavy (non-hydrogen) atoms. The van der Waals surface area contributed by atoms with Gasteiger partial charge in [-0.15, -0.1) is 0 Å². The Hall–Kier alpha value is -3.98. The molecule has 10 heteroatoms. The van der Waals surface area contributed by atoms with E-state index < -0.39 is 0 Å². The molecule has 2 amide bonds. The smallest absolute Gasteiger partial charge is 0.317 e. The predicted octanol–water partition coefficient (Wildman–Crippen LogP) is 3.35. The van der Waals surface area contributed by atoms with E-state index in [1.165, 1.54) is 0 Å². The van der Waals surface area contributed by atoms with Gasteiger partial charge in [0.15, 0.2) is 17.0 Å². The van der Waals surface area contributed by atoms with Gasteiger partial charge in [-0.3, -0.25) is 0 Å². The van der Waals surface area contributed by atoms with Crippen LogP contribution in [0.25, 0.3) is 22.4 Å². The number of carbonyl (C=O) groups is 1. The number of piperazine rings is 1. The van der Waals surface area contributed by atoms with Crippen LogP contribution in [-0.4, -0.2) is 57.0 Å². The van der Waals surface area contributed by atoms with Crippen molar-refractivity contribution in [2.45, 2.75) is 6.54 Å². The lowest BCUT2D eigenvalue weighted by Crippen LogP contribution is -2.52.